The summed E-state index contributed by atoms with van der Waals surface area (Å²) < 4.78 is 0. The van der Waals surface area contributed by atoms with E-state index in [1.807, 2.05) is 32.9 Å². The molecule has 2 rings (SSSR count). The van der Waals surface area contributed by atoms with Crippen LogP contribution in [0.1, 0.15) is 25.1 Å². The van der Waals surface area contributed by atoms with Crippen molar-refractivity contribution in [3.63, 3.8) is 0 Å². The van der Waals surface area contributed by atoms with Crippen LogP contribution >= 0.6 is 11.8 Å². The molecule has 0 spiro atoms. The summed E-state index contributed by atoms with van der Waals surface area (Å²) in [5.74, 6) is -0.428. The van der Waals surface area contributed by atoms with E-state index < -0.39 is 12.0 Å². The number of nitrogens with zero attached hydrogens (tertiary/aromatic N) is 2. The number of carbonyl (C=O) groups excluding carboxylic acids is 1. The molecule has 1 amide bonds. The van der Waals surface area contributed by atoms with Crippen molar-refractivity contribution in [2.45, 2.75) is 38.6 Å². The molecule has 1 fully saturated rings. The highest BCUT2D eigenvalue weighted by Crippen LogP contribution is 2.34. The van der Waals surface area contributed by atoms with Crippen LogP contribution in [-0.2, 0) is 16.0 Å². The SMILES string of the molecule is Cc1cccnc1CC(=O)N1C(C(=O)O)CSC1C(C)C. The van der Waals surface area contributed by atoms with E-state index in [1.165, 1.54) is 4.90 Å². The lowest BCUT2D eigenvalue weighted by molar-refractivity contribution is -0.149. The number of aryl methyl sites for hydroxylation is 1. The van der Waals surface area contributed by atoms with Gasteiger partial charge in [-0.2, -0.15) is 0 Å². The second-order valence-electron chi connectivity index (χ2n) is 5.57. The highest BCUT2D eigenvalue weighted by Gasteiger charge is 2.42. The van der Waals surface area contributed by atoms with Crippen LogP contribution in [0.15, 0.2) is 18.3 Å². The number of carboxylic acid groups (broad SMARTS) is 1. The van der Waals surface area contributed by atoms with E-state index in [0.717, 1.165) is 5.56 Å². The lowest BCUT2D eigenvalue weighted by Crippen LogP contribution is -2.47. The zero-order chi connectivity index (χ0) is 15.6. The Balaban J connectivity index is 2.21. The van der Waals surface area contributed by atoms with Crippen LogP contribution in [0.5, 0.6) is 0 Å². The van der Waals surface area contributed by atoms with Crippen LogP contribution < -0.4 is 0 Å². The predicted octanol–water partition coefficient (Wildman–Crippen LogP) is 1.94. The van der Waals surface area contributed by atoms with Crippen molar-refractivity contribution < 1.29 is 14.7 Å². The Morgan fingerprint density at radius 3 is 2.81 bits per heavy atom. The molecule has 5 nitrogen and oxygen atoms in total. The Labute approximate surface area is 128 Å². The van der Waals surface area contributed by atoms with Crippen LogP contribution in [0.3, 0.4) is 0 Å². The molecule has 0 aliphatic carbocycles. The Hall–Kier alpha value is -1.56. The number of aliphatic carboxylic acids is 1. The third kappa shape index (κ3) is 3.37. The number of pyridine rings is 1. The topological polar surface area (TPSA) is 70.5 Å². The number of rotatable bonds is 4. The number of hydrogen-bond acceptors (Lipinski definition) is 4. The molecule has 1 aromatic rings. The number of aromatic nitrogens is 1. The molecule has 6 heteroatoms. The van der Waals surface area contributed by atoms with Gasteiger partial charge >= 0.3 is 5.97 Å². The van der Waals surface area contributed by atoms with Crippen molar-refractivity contribution in [2.75, 3.05) is 5.75 Å². The third-order valence-electron chi connectivity index (χ3n) is 3.61. The number of thioether (sulfide) groups is 1. The monoisotopic (exact) mass is 308 g/mol. The van der Waals surface area contributed by atoms with Crippen LogP contribution in [0.2, 0.25) is 0 Å². The van der Waals surface area contributed by atoms with Gasteiger partial charge in [-0.1, -0.05) is 19.9 Å². The first-order valence-electron chi connectivity index (χ1n) is 6.98. The van der Waals surface area contributed by atoms with Gasteiger partial charge in [-0.25, -0.2) is 4.79 Å². The summed E-state index contributed by atoms with van der Waals surface area (Å²) in [6.45, 7) is 5.92. The second kappa shape index (κ2) is 6.47. The molecule has 2 unspecified atom stereocenters. The highest BCUT2D eigenvalue weighted by molar-refractivity contribution is 8.00. The maximum Gasteiger partial charge on any atom is 0.327 e. The maximum atomic E-state index is 12.6. The smallest absolute Gasteiger partial charge is 0.327 e. The van der Waals surface area contributed by atoms with Crippen molar-refractivity contribution in [1.29, 1.82) is 0 Å². The minimum absolute atomic E-state index is 0.0809. The first-order chi connectivity index (χ1) is 9.91. The molecule has 1 aromatic heterocycles. The van der Waals surface area contributed by atoms with Crippen molar-refractivity contribution >= 4 is 23.6 Å². The molecule has 0 aromatic carbocycles. The van der Waals surface area contributed by atoms with Gasteiger partial charge in [-0.15, -0.1) is 11.8 Å². The predicted molar refractivity (Wildman–Crippen MR) is 82.0 cm³/mol. The normalized spacial score (nSPS) is 21.8. The van der Waals surface area contributed by atoms with Gasteiger partial charge < -0.3 is 10.0 Å². The fraction of sp³-hybridized carbons (Fsp3) is 0.533. The molecule has 0 saturated carbocycles. The molecule has 1 aliphatic rings. The van der Waals surface area contributed by atoms with Gasteiger partial charge in [0.05, 0.1) is 17.5 Å². The lowest BCUT2D eigenvalue weighted by Gasteiger charge is -2.29. The Bertz CT molecular complexity index is 547. The van der Waals surface area contributed by atoms with E-state index in [1.54, 1.807) is 18.0 Å². The Morgan fingerprint density at radius 2 is 2.24 bits per heavy atom. The molecular weight excluding hydrogens is 288 g/mol. The van der Waals surface area contributed by atoms with Gasteiger partial charge in [-0.05, 0) is 24.5 Å². The first-order valence-corrected chi connectivity index (χ1v) is 8.02. The zero-order valence-electron chi connectivity index (χ0n) is 12.4. The molecule has 114 valence electrons. The Morgan fingerprint density at radius 1 is 1.52 bits per heavy atom. The molecule has 0 radical (unpaired) electrons. The molecule has 2 atom stereocenters. The van der Waals surface area contributed by atoms with E-state index in [9.17, 15) is 14.7 Å². The van der Waals surface area contributed by atoms with Crippen molar-refractivity contribution in [3.8, 4) is 0 Å². The van der Waals surface area contributed by atoms with Crippen molar-refractivity contribution in [1.82, 2.24) is 9.88 Å². The van der Waals surface area contributed by atoms with Gasteiger partial charge in [0.1, 0.15) is 6.04 Å². The second-order valence-corrected chi connectivity index (χ2v) is 6.72. The lowest BCUT2D eigenvalue weighted by atomic mass is 10.1. The quantitative estimate of drug-likeness (QED) is 0.920. The molecule has 0 bridgehead atoms. The number of carbonyl (C=O) groups is 2. The van der Waals surface area contributed by atoms with Gasteiger partial charge in [0.25, 0.3) is 0 Å². The third-order valence-corrected chi connectivity index (χ3v) is 5.24. The molecule has 1 saturated heterocycles. The summed E-state index contributed by atoms with van der Waals surface area (Å²) in [5.41, 5.74) is 1.66. The van der Waals surface area contributed by atoms with Crippen molar-refractivity contribution in [3.05, 3.63) is 29.6 Å². The van der Waals surface area contributed by atoms with Crippen LogP contribution in [-0.4, -0.2) is 44.0 Å². The number of hydrogen-bond donors (Lipinski definition) is 1. The summed E-state index contributed by atoms with van der Waals surface area (Å²) in [4.78, 5) is 29.7. The van der Waals surface area contributed by atoms with Crippen LogP contribution in [0, 0.1) is 12.8 Å². The molecule has 1 aliphatic heterocycles. The fourth-order valence-corrected chi connectivity index (χ4v) is 3.98. The van der Waals surface area contributed by atoms with Gasteiger partial charge in [-0.3, -0.25) is 9.78 Å². The molecule has 21 heavy (non-hydrogen) atoms. The van der Waals surface area contributed by atoms with E-state index in [4.69, 9.17) is 0 Å². The zero-order valence-corrected chi connectivity index (χ0v) is 13.3. The van der Waals surface area contributed by atoms with E-state index in [0.29, 0.717) is 11.4 Å². The minimum Gasteiger partial charge on any atom is -0.480 e. The van der Waals surface area contributed by atoms with E-state index in [2.05, 4.69) is 4.98 Å². The van der Waals surface area contributed by atoms with Gasteiger partial charge in [0, 0.05) is 11.9 Å². The highest BCUT2D eigenvalue weighted by atomic mass is 32.2. The largest absolute Gasteiger partial charge is 0.480 e. The first kappa shape index (κ1) is 15.8. The average molecular weight is 308 g/mol. The molecular formula is C15H20N2O3S. The van der Waals surface area contributed by atoms with E-state index in [-0.39, 0.29) is 23.6 Å². The summed E-state index contributed by atoms with van der Waals surface area (Å²) >= 11 is 1.54. The summed E-state index contributed by atoms with van der Waals surface area (Å²) in [7, 11) is 0. The fourth-order valence-electron chi connectivity index (χ4n) is 2.49. The van der Waals surface area contributed by atoms with Crippen LogP contribution in [0.4, 0.5) is 0 Å². The van der Waals surface area contributed by atoms with Crippen LogP contribution in [0.25, 0.3) is 0 Å². The summed E-state index contributed by atoms with van der Waals surface area (Å²) in [5, 5.41) is 9.25. The molecule has 1 N–H and O–H groups in total. The van der Waals surface area contributed by atoms with E-state index >= 15 is 0 Å². The van der Waals surface area contributed by atoms with Gasteiger partial charge in [0.2, 0.25) is 5.91 Å². The standard InChI is InChI=1S/C15H20N2O3S/c1-9(2)14-17(12(8-21-14)15(19)20)13(18)7-11-10(3)5-4-6-16-11/h4-6,9,12,14H,7-8H2,1-3H3,(H,19,20). The number of amides is 1. The van der Waals surface area contributed by atoms with Gasteiger partial charge in [0.15, 0.2) is 0 Å². The Kier molecular flexibility index (Phi) is 4.88. The summed E-state index contributed by atoms with van der Waals surface area (Å²) in [6.07, 6.45) is 1.81. The van der Waals surface area contributed by atoms with Crippen molar-refractivity contribution in [2.24, 2.45) is 5.92 Å². The maximum absolute atomic E-state index is 12.6. The average Bonchev–Trinajstić information content (AvgIpc) is 2.86. The number of carboxylic acids is 1. The molecule has 2 heterocycles. The summed E-state index contributed by atoms with van der Waals surface area (Å²) in [6, 6.07) is 2.99. The minimum atomic E-state index is -0.934.